The zero-order chi connectivity index (χ0) is 15.6. The summed E-state index contributed by atoms with van der Waals surface area (Å²) in [5.41, 5.74) is 3.15. The fraction of sp³-hybridized carbons (Fsp3) is 0.250. The maximum Gasteiger partial charge on any atom is 0.259 e. The van der Waals surface area contributed by atoms with Crippen molar-refractivity contribution >= 4 is 29.0 Å². The van der Waals surface area contributed by atoms with Crippen molar-refractivity contribution in [1.29, 1.82) is 0 Å². The van der Waals surface area contributed by atoms with E-state index in [0.29, 0.717) is 22.1 Å². The molecule has 110 valence electrons. The van der Waals surface area contributed by atoms with E-state index in [9.17, 15) is 4.79 Å². The predicted molar refractivity (Wildman–Crippen MR) is 87.4 cm³/mol. The summed E-state index contributed by atoms with van der Waals surface area (Å²) in [7, 11) is 3.70. The number of aromatic nitrogens is 1. The first-order valence-electron chi connectivity index (χ1n) is 6.60. The summed E-state index contributed by atoms with van der Waals surface area (Å²) in [5, 5.41) is 3.42. The van der Waals surface area contributed by atoms with Crippen molar-refractivity contribution < 1.29 is 4.79 Å². The largest absolute Gasteiger partial charge is 0.362 e. The summed E-state index contributed by atoms with van der Waals surface area (Å²) >= 11 is 6.23. The van der Waals surface area contributed by atoms with Gasteiger partial charge >= 0.3 is 0 Å². The molecule has 1 aromatic carbocycles. The molecule has 2 aromatic rings. The second kappa shape index (κ2) is 6.14. The number of amides is 1. The van der Waals surface area contributed by atoms with Crippen LogP contribution in [0.3, 0.4) is 0 Å². The number of nitrogens with zero attached hydrogens (tertiary/aromatic N) is 2. The molecule has 0 unspecified atom stereocenters. The molecular formula is C16H18ClN3O. The van der Waals surface area contributed by atoms with Gasteiger partial charge in [-0.25, -0.2) is 4.98 Å². The van der Waals surface area contributed by atoms with Gasteiger partial charge in [-0.05, 0) is 43.2 Å². The van der Waals surface area contributed by atoms with Crippen LogP contribution in [-0.4, -0.2) is 25.0 Å². The van der Waals surface area contributed by atoms with Crippen LogP contribution in [0.25, 0.3) is 0 Å². The minimum atomic E-state index is -0.222. The van der Waals surface area contributed by atoms with Gasteiger partial charge in [0.25, 0.3) is 5.91 Å². The smallest absolute Gasteiger partial charge is 0.259 e. The van der Waals surface area contributed by atoms with Gasteiger partial charge in [0.2, 0.25) is 0 Å². The van der Waals surface area contributed by atoms with Gasteiger partial charge < -0.3 is 10.2 Å². The molecule has 0 aliphatic heterocycles. The number of hydrogen-bond acceptors (Lipinski definition) is 3. The Morgan fingerprint density at radius 2 is 2.00 bits per heavy atom. The van der Waals surface area contributed by atoms with Crippen molar-refractivity contribution in [2.45, 2.75) is 13.8 Å². The molecule has 0 spiro atoms. The zero-order valence-electron chi connectivity index (χ0n) is 12.6. The van der Waals surface area contributed by atoms with E-state index in [4.69, 9.17) is 11.6 Å². The highest BCUT2D eigenvalue weighted by molar-refractivity contribution is 6.34. The van der Waals surface area contributed by atoms with Gasteiger partial charge in [0.05, 0.1) is 16.3 Å². The highest BCUT2D eigenvalue weighted by Gasteiger charge is 2.16. The summed E-state index contributed by atoms with van der Waals surface area (Å²) < 4.78 is 0. The first kappa shape index (κ1) is 15.3. The Labute approximate surface area is 129 Å². The van der Waals surface area contributed by atoms with Gasteiger partial charge in [-0.15, -0.1) is 0 Å². The number of rotatable bonds is 3. The minimum Gasteiger partial charge on any atom is -0.362 e. The van der Waals surface area contributed by atoms with E-state index in [-0.39, 0.29) is 5.91 Å². The molecule has 0 aliphatic rings. The Morgan fingerprint density at radius 3 is 2.62 bits per heavy atom. The van der Waals surface area contributed by atoms with Crippen LogP contribution in [-0.2, 0) is 0 Å². The summed E-state index contributed by atoms with van der Waals surface area (Å²) in [5.74, 6) is 0.400. The lowest BCUT2D eigenvalue weighted by Crippen LogP contribution is -2.20. The van der Waals surface area contributed by atoms with Gasteiger partial charge in [-0.3, -0.25) is 4.79 Å². The first-order valence-corrected chi connectivity index (χ1v) is 6.98. The molecule has 1 heterocycles. The lowest BCUT2D eigenvalue weighted by atomic mass is 10.1. The molecule has 4 nitrogen and oxygen atoms in total. The van der Waals surface area contributed by atoms with Crippen LogP contribution >= 0.6 is 11.6 Å². The summed E-state index contributed by atoms with van der Waals surface area (Å²) in [4.78, 5) is 18.5. The Bertz CT molecular complexity index is 660. The van der Waals surface area contributed by atoms with E-state index in [0.717, 1.165) is 11.1 Å². The van der Waals surface area contributed by atoms with Crippen molar-refractivity contribution in [3.05, 3.63) is 52.2 Å². The quantitative estimate of drug-likeness (QED) is 0.941. The average molecular weight is 304 g/mol. The van der Waals surface area contributed by atoms with Crippen LogP contribution in [0, 0.1) is 13.8 Å². The van der Waals surface area contributed by atoms with Gasteiger partial charge in [0.15, 0.2) is 0 Å². The monoisotopic (exact) mass is 303 g/mol. The molecular weight excluding hydrogens is 286 g/mol. The highest BCUT2D eigenvalue weighted by Crippen LogP contribution is 2.28. The van der Waals surface area contributed by atoms with E-state index >= 15 is 0 Å². The van der Waals surface area contributed by atoms with E-state index < -0.39 is 0 Å². The van der Waals surface area contributed by atoms with Crippen molar-refractivity contribution in [3.8, 4) is 0 Å². The number of pyridine rings is 1. The molecule has 0 atom stereocenters. The molecule has 5 heteroatoms. The maximum absolute atomic E-state index is 12.5. The maximum atomic E-state index is 12.5. The summed E-state index contributed by atoms with van der Waals surface area (Å²) in [6.45, 7) is 3.89. The Kier molecular flexibility index (Phi) is 4.48. The fourth-order valence-corrected chi connectivity index (χ4v) is 2.55. The second-order valence-electron chi connectivity index (χ2n) is 5.16. The number of halogens is 1. The van der Waals surface area contributed by atoms with Crippen molar-refractivity contribution in [2.75, 3.05) is 24.3 Å². The highest BCUT2D eigenvalue weighted by atomic mass is 35.5. The number of carbonyl (C=O) groups excluding carboxylic acids is 1. The van der Waals surface area contributed by atoms with Crippen molar-refractivity contribution in [3.63, 3.8) is 0 Å². The Balaban J connectivity index is 2.36. The minimum absolute atomic E-state index is 0.222. The summed E-state index contributed by atoms with van der Waals surface area (Å²) in [6, 6.07) is 7.30. The van der Waals surface area contributed by atoms with Gasteiger partial charge in [0.1, 0.15) is 5.82 Å². The van der Waals surface area contributed by atoms with Crippen LogP contribution in [0.1, 0.15) is 21.5 Å². The van der Waals surface area contributed by atoms with E-state index in [1.807, 2.05) is 40.1 Å². The second-order valence-corrected chi connectivity index (χ2v) is 5.57. The number of anilines is 2. The number of hydrogen-bond donors (Lipinski definition) is 1. The lowest BCUT2D eigenvalue weighted by Gasteiger charge is -2.16. The van der Waals surface area contributed by atoms with E-state index in [1.165, 1.54) is 0 Å². The van der Waals surface area contributed by atoms with E-state index in [2.05, 4.69) is 10.3 Å². The third-order valence-electron chi connectivity index (χ3n) is 3.13. The molecule has 0 radical (unpaired) electrons. The average Bonchev–Trinajstić information content (AvgIpc) is 2.42. The van der Waals surface area contributed by atoms with Crippen LogP contribution < -0.4 is 10.2 Å². The molecule has 1 aromatic heterocycles. The standard InChI is InChI=1S/C16H18ClN3O/c1-10-8-11(2)14(13(17)9-10)19-16(21)12-6-5-7-18-15(12)20(3)4/h5-9H,1-4H3,(H,19,21). The van der Waals surface area contributed by atoms with Gasteiger partial charge in [-0.2, -0.15) is 0 Å². The molecule has 0 bridgehead atoms. The molecule has 0 saturated carbocycles. The van der Waals surface area contributed by atoms with Crippen LogP contribution in [0.5, 0.6) is 0 Å². The molecule has 0 aliphatic carbocycles. The van der Waals surface area contributed by atoms with Crippen molar-refractivity contribution in [2.24, 2.45) is 0 Å². The first-order chi connectivity index (χ1) is 9.90. The number of aryl methyl sites for hydroxylation is 2. The number of carbonyl (C=O) groups is 1. The van der Waals surface area contributed by atoms with Crippen LogP contribution in [0.15, 0.2) is 30.5 Å². The van der Waals surface area contributed by atoms with Gasteiger partial charge in [-0.1, -0.05) is 17.7 Å². The molecule has 2 rings (SSSR count). The SMILES string of the molecule is Cc1cc(C)c(NC(=O)c2cccnc2N(C)C)c(Cl)c1. The summed E-state index contributed by atoms with van der Waals surface area (Å²) in [6.07, 6.45) is 1.66. The molecule has 0 saturated heterocycles. The molecule has 0 fully saturated rings. The normalized spacial score (nSPS) is 10.3. The lowest BCUT2D eigenvalue weighted by molar-refractivity contribution is 0.102. The molecule has 21 heavy (non-hydrogen) atoms. The topological polar surface area (TPSA) is 45.2 Å². The van der Waals surface area contributed by atoms with Crippen molar-refractivity contribution in [1.82, 2.24) is 4.98 Å². The van der Waals surface area contributed by atoms with Crippen LogP contribution in [0.2, 0.25) is 5.02 Å². The number of nitrogens with one attached hydrogen (secondary N) is 1. The predicted octanol–water partition coefficient (Wildman–Crippen LogP) is 3.67. The van der Waals surface area contributed by atoms with Gasteiger partial charge in [0, 0.05) is 20.3 Å². The molecule has 1 amide bonds. The fourth-order valence-electron chi connectivity index (χ4n) is 2.19. The third-order valence-corrected chi connectivity index (χ3v) is 3.42. The third kappa shape index (κ3) is 3.34. The zero-order valence-corrected chi connectivity index (χ0v) is 13.3. The van der Waals surface area contributed by atoms with Crippen LogP contribution in [0.4, 0.5) is 11.5 Å². The number of benzene rings is 1. The molecule has 1 N–H and O–H groups in total. The Morgan fingerprint density at radius 1 is 1.29 bits per heavy atom. The van der Waals surface area contributed by atoms with E-state index in [1.54, 1.807) is 23.2 Å². The Hall–Kier alpha value is -2.07.